The summed E-state index contributed by atoms with van der Waals surface area (Å²) in [7, 11) is 1.57. The van der Waals surface area contributed by atoms with Crippen molar-refractivity contribution in [3.63, 3.8) is 0 Å². The molecular weight excluding hydrogens is 351 g/mol. The first-order valence-electron chi connectivity index (χ1n) is 7.58. The molecule has 0 radical (unpaired) electrons. The number of thioether (sulfide) groups is 1. The topological polar surface area (TPSA) is 38.3 Å². The maximum atomic E-state index is 13.2. The highest BCUT2D eigenvalue weighted by Crippen LogP contribution is 2.32. The average Bonchev–Trinajstić information content (AvgIpc) is 2.60. The molecule has 0 saturated carbocycles. The number of benzene rings is 2. The van der Waals surface area contributed by atoms with Gasteiger partial charge in [-0.2, -0.15) is 13.2 Å². The van der Waals surface area contributed by atoms with Crippen molar-refractivity contribution in [3.8, 4) is 5.75 Å². The number of ether oxygens (including phenoxy) is 1. The molecule has 0 saturated heterocycles. The van der Waals surface area contributed by atoms with E-state index < -0.39 is 18.1 Å². The second-order valence-electron chi connectivity index (χ2n) is 5.23. The van der Waals surface area contributed by atoms with Crippen LogP contribution in [-0.2, 0) is 4.79 Å². The van der Waals surface area contributed by atoms with Gasteiger partial charge in [-0.3, -0.25) is 4.79 Å². The number of hydrogen-bond acceptors (Lipinski definition) is 3. The number of hydrogen-bond donors (Lipinski definition) is 1. The van der Waals surface area contributed by atoms with Gasteiger partial charge in [0.2, 0.25) is 5.91 Å². The minimum Gasteiger partial charge on any atom is -0.497 e. The highest BCUT2D eigenvalue weighted by molar-refractivity contribution is 7.99. The van der Waals surface area contributed by atoms with Crippen LogP contribution in [0.1, 0.15) is 18.0 Å². The van der Waals surface area contributed by atoms with Crippen LogP contribution in [-0.4, -0.2) is 24.9 Å². The normalized spacial score (nSPS) is 12.5. The smallest absolute Gasteiger partial charge is 0.412 e. The number of carbonyl (C=O) groups is 1. The Bertz CT molecular complexity index is 675. The van der Waals surface area contributed by atoms with Gasteiger partial charge in [-0.05, 0) is 29.8 Å². The fourth-order valence-corrected chi connectivity index (χ4v) is 3.02. The van der Waals surface area contributed by atoms with Crippen molar-refractivity contribution in [1.29, 1.82) is 0 Å². The lowest BCUT2D eigenvalue weighted by Crippen LogP contribution is -2.38. The van der Waals surface area contributed by atoms with Crippen LogP contribution >= 0.6 is 11.8 Å². The van der Waals surface area contributed by atoms with Crippen LogP contribution < -0.4 is 10.1 Å². The van der Waals surface area contributed by atoms with Crippen LogP contribution in [0, 0.1) is 0 Å². The van der Waals surface area contributed by atoms with Crippen LogP contribution in [0.5, 0.6) is 5.75 Å². The molecule has 0 fully saturated rings. The summed E-state index contributed by atoms with van der Waals surface area (Å²) in [5.41, 5.74) is 0.0196. The second kappa shape index (κ2) is 8.80. The van der Waals surface area contributed by atoms with E-state index in [4.69, 9.17) is 4.74 Å². The Morgan fingerprint density at radius 1 is 1.12 bits per heavy atom. The highest BCUT2D eigenvalue weighted by atomic mass is 32.2. The predicted molar refractivity (Wildman–Crippen MR) is 91.7 cm³/mol. The lowest BCUT2D eigenvalue weighted by atomic mass is 10.1. The molecule has 0 bridgehead atoms. The predicted octanol–water partition coefficient (Wildman–Crippen LogP) is 4.60. The molecule has 2 aromatic rings. The Morgan fingerprint density at radius 2 is 1.76 bits per heavy atom. The van der Waals surface area contributed by atoms with Gasteiger partial charge in [0.1, 0.15) is 5.75 Å². The zero-order valence-electron chi connectivity index (χ0n) is 13.5. The van der Waals surface area contributed by atoms with E-state index in [1.54, 1.807) is 25.3 Å². The minimum absolute atomic E-state index is 0.00386. The standard InChI is InChI=1S/C18H18F3NO2S/c1-24-14-7-9-15(10-8-14)25-12-11-16(23)22-17(18(19,20)21)13-5-3-2-4-6-13/h2-10,17H,11-12H2,1H3,(H,22,23). The molecule has 0 aliphatic rings. The van der Waals surface area contributed by atoms with E-state index in [-0.39, 0.29) is 12.0 Å². The Kier molecular flexibility index (Phi) is 6.75. The maximum Gasteiger partial charge on any atom is 0.412 e. The molecule has 0 aromatic heterocycles. The molecule has 134 valence electrons. The van der Waals surface area contributed by atoms with E-state index in [0.29, 0.717) is 5.75 Å². The van der Waals surface area contributed by atoms with E-state index in [1.807, 2.05) is 12.1 Å². The van der Waals surface area contributed by atoms with Crippen LogP contribution in [0.3, 0.4) is 0 Å². The molecule has 0 aliphatic carbocycles. The SMILES string of the molecule is COc1ccc(SCCC(=O)NC(c2ccccc2)C(F)(F)F)cc1. The summed E-state index contributed by atoms with van der Waals surface area (Å²) in [6.45, 7) is 0. The number of nitrogens with one attached hydrogen (secondary N) is 1. The average molecular weight is 369 g/mol. The van der Waals surface area contributed by atoms with Crippen molar-refractivity contribution in [1.82, 2.24) is 5.32 Å². The lowest BCUT2D eigenvalue weighted by Gasteiger charge is -2.22. The summed E-state index contributed by atoms with van der Waals surface area (Å²) in [6, 6.07) is 12.6. The van der Waals surface area contributed by atoms with Gasteiger partial charge in [0.25, 0.3) is 0 Å². The second-order valence-corrected chi connectivity index (χ2v) is 6.40. The highest BCUT2D eigenvalue weighted by Gasteiger charge is 2.41. The molecule has 0 heterocycles. The summed E-state index contributed by atoms with van der Waals surface area (Å²) in [5, 5.41) is 2.08. The third-order valence-electron chi connectivity index (χ3n) is 3.42. The number of alkyl halides is 3. The number of carbonyl (C=O) groups excluding carboxylic acids is 1. The number of amides is 1. The first-order valence-corrected chi connectivity index (χ1v) is 8.56. The summed E-state index contributed by atoms with van der Waals surface area (Å²) >= 11 is 1.40. The summed E-state index contributed by atoms with van der Waals surface area (Å²) in [5.74, 6) is 0.475. The first kappa shape index (κ1) is 19.2. The van der Waals surface area contributed by atoms with Gasteiger partial charge in [0, 0.05) is 17.1 Å². The molecular formula is C18H18F3NO2S. The molecule has 7 heteroatoms. The Morgan fingerprint density at radius 3 is 2.32 bits per heavy atom. The van der Waals surface area contributed by atoms with Crippen LogP contribution in [0.4, 0.5) is 13.2 Å². The van der Waals surface area contributed by atoms with Gasteiger partial charge >= 0.3 is 6.18 Å². The van der Waals surface area contributed by atoms with Crippen molar-refractivity contribution < 1.29 is 22.7 Å². The molecule has 3 nitrogen and oxygen atoms in total. The molecule has 1 amide bonds. The van der Waals surface area contributed by atoms with E-state index in [2.05, 4.69) is 5.32 Å². The van der Waals surface area contributed by atoms with Crippen molar-refractivity contribution in [2.45, 2.75) is 23.5 Å². The van der Waals surface area contributed by atoms with Crippen LogP contribution in [0.2, 0.25) is 0 Å². The fraction of sp³-hybridized carbons (Fsp3) is 0.278. The quantitative estimate of drug-likeness (QED) is 0.725. The fourth-order valence-electron chi connectivity index (χ4n) is 2.17. The third kappa shape index (κ3) is 6.01. The van der Waals surface area contributed by atoms with E-state index in [9.17, 15) is 18.0 Å². The molecule has 2 rings (SSSR count). The monoisotopic (exact) mass is 369 g/mol. The van der Waals surface area contributed by atoms with Crippen LogP contribution in [0.15, 0.2) is 59.5 Å². The Hall–Kier alpha value is -2.15. The van der Waals surface area contributed by atoms with Gasteiger partial charge in [0.05, 0.1) is 7.11 Å². The minimum atomic E-state index is -4.54. The molecule has 1 N–H and O–H groups in total. The summed E-state index contributed by atoms with van der Waals surface area (Å²) in [4.78, 5) is 12.8. The molecule has 1 unspecified atom stereocenters. The summed E-state index contributed by atoms with van der Waals surface area (Å²) < 4.78 is 44.6. The maximum absolute atomic E-state index is 13.2. The Labute approximate surface area is 148 Å². The van der Waals surface area contributed by atoms with Crippen molar-refractivity contribution >= 4 is 17.7 Å². The van der Waals surface area contributed by atoms with Gasteiger partial charge in [0.15, 0.2) is 6.04 Å². The van der Waals surface area contributed by atoms with E-state index >= 15 is 0 Å². The third-order valence-corrected chi connectivity index (χ3v) is 4.44. The Balaban J connectivity index is 1.88. The van der Waals surface area contributed by atoms with Crippen molar-refractivity contribution in [2.75, 3.05) is 12.9 Å². The molecule has 2 aromatic carbocycles. The summed E-state index contributed by atoms with van der Waals surface area (Å²) in [6.07, 6.45) is -4.55. The van der Waals surface area contributed by atoms with Gasteiger partial charge < -0.3 is 10.1 Å². The van der Waals surface area contributed by atoms with Gasteiger partial charge in [-0.1, -0.05) is 30.3 Å². The first-order chi connectivity index (χ1) is 11.9. The largest absolute Gasteiger partial charge is 0.497 e. The van der Waals surface area contributed by atoms with Crippen LogP contribution in [0.25, 0.3) is 0 Å². The van der Waals surface area contributed by atoms with Crippen molar-refractivity contribution in [3.05, 3.63) is 60.2 Å². The zero-order chi connectivity index (χ0) is 18.3. The molecule has 1 atom stereocenters. The van der Waals surface area contributed by atoms with E-state index in [1.165, 1.54) is 36.0 Å². The van der Waals surface area contributed by atoms with Crippen molar-refractivity contribution in [2.24, 2.45) is 0 Å². The molecule has 0 spiro atoms. The van der Waals surface area contributed by atoms with Gasteiger partial charge in [-0.25, -0.2) is 0 Å². The van der Waals surface area contributed by atoms with Gasteiger partial charge in [-0.15, -0.1) is 11.8 Å². The number of halogens is 3. The molecule has 25 heavy (non-hydrogen) atoms. The zero-order valence-corrected chi connectivity index (χ0v) is 14.4. The van der Waals surface area contributed by atoms with E-state index in [0.717, 1.165) is 10.6 Å². The molecule has 0 aliphatic heterocycles. The number of methoxy groups -OCH3 is 1. The number of rotatable bonds is 7. The lowest BCUT2D eigenvalue weighted by molar-refractivity contribution is -0.163.